The summed E-state index contributed by atoms with van der Waals surface area (Å²) in [5.74, 6) is 0.176. The number of para-hydroxylation sites is 1. The molecule has 0 aromatic heterocycles. The smallest absolute Gasteiger partial charge is 0.405 e. The molecule has 2 rings (SSSR count). The fourth-order valence-corrected chi connectivity index (χ4v) is 3.93. The third-order valence-electron chi connectivity index (χ3n) is 4.06. The maximum absolute atomic E-state index is 12.6. The predicted octanol–water partition coefficient (Wildman–Crippen LogP) is 4.59. The monoisotopic (exact) mass is 301 g/mol. The summed E-state index contributed by atoms with van der Waals surface area (Å²) >= 11 is 0. The molecule has 5 heteroatoms. The van der Waals surface area contributed by atoms with Crippen molar-refractivity contribution in [3.8, 4) is 5.75 Å². The van der Waals surface area contributed by atoms with Gasteiger partial charge in [-0.15, -0.1) is 13.2 Å². The lowest BCUT2D eigenvalue weighted by molar-refractivity contribution is -0.275. The number of hydrogen-bond acceptors (Lipinski definition) is 2. The lowest BCUT2D eigenvalue weighted by atomic mass is 9.62. The van der Waals surface area contributed by atoms with Crippen molar-refractivity contribution >= 4 is 0 Å². The molecule has 2 unspecified atom stereocenters. The summed E-state index contributed by atoms with van der Waals surface area (Å²) < 4.78 is 41.9. The van der Waals surface area contributed by atoms with Crippen LogP contribution in [0.5, 0.6) is 5.75 Å². The van der Waals surface area contributed by atoms with Crippen LogP contribution in [0.1, 0.15) is 45.6 Å². The van der Waals surface area contributed by atoms with Gasteiger partial charge in [-0.2, -0.15) is 0 Å². The van der Waals surface area contributed by atoms with Crippen molar-refractivity contribution < 1.29 is 17.9 Å². The van der Waals surface area contributed by atoms with Crippen molar-refractivity contribution in [2.45, 2.75) is 51.9 Å². The van der Waals surface area contributed by atoms with Gasteiger partial charge in [0.15, 0.2) is 0 Å². The zero-order chi connectivity index (χ0) is 15.9. The molecule has 0 amide bonds. The van der Waals surface area contributed by atoms with E-state index in [0.717, 1.165) is 6.42 Å². The summed E-state index contributed by atoms with van der Waals surface area (Å²) in [4.78, 5) is 0. The number of rotatable bonds is 2. The molecule has 1 aliphatic rings. The van der Waals surface area contributed by atoms with Gasteiger partial charge in [0.1, 0.15) is 5.75 Å². The van der Waals surface area contributed by atoms with Crippen molar-refractivity contribution in [3.05, 3.63) is 29.8 Å². The molecule has 2 atom stereocenters. The summed E-state index contributed by atoms with van der Waals surface area (Å²) in [7, 11) is 0. The Morgan fingerprint density at radius 2 is 1.81 bits per heavy atom. The summed E-state index contributed by atoms with van der Waals surface area (Å²) in [6, 6.07) is 6.23. The van der Waals surface area contributed by atoms with Crippen LogP contribution in [0, 0.1) is 11.3 Å². The average molecular weight is 301 g/mol. The molecule has 0 radical (unpaired) electrons. The zero-order valence-electron chi connectivity index (χ0n) is 12.6. The Kier molecular flexibility index (Phi) is 4.00. The Morgan fingerprint density at radius 1 is 1.19 bits per heavy atom. The third-order valence-corrected chi connectivity index (χ3v) is 4.06. The van der Waals surface area contributed by atoms with Gasteiger partial charge in [-0.1, -0.05) is 39.0 Å². The second-order valence-electron chi connectivity index (χ2n) is 7.05. The molecule has 1 aromatic carbocycles. The largest absolute Gasteiger partial charge is 0.573 e. The van der Waals surface area contributed by atoms with Crippen LogP contribution in [0.15, 0.2) is 24.3 Å². The van der Waals surface area contributed by atoms with E-state index in [1.165, 1.54) is 12.1 Å². The molecule has 21 heavy (non-hydrogen) atoms. The van der Waals surface area contributed by atoms with Gasteiger partial charge >= 0.3 is 6.36 Å². The van der Waals surface area contributed by atoms with Gasteiger partial charge < -0.3 is 10.5 Å². The molecule has 0 saturated heterocycles. The van der Waals surface area contributed by atoms with Gasteiger partial charge in [-0.05, 0) is 36.7 Å². The van der Waals surface area contributed by atoms with Crippen LogP contribution in [0.4, 0.5) is 13.2 Å². The molecule has 1 fully saturated rings. The summed E-state index contributed by atoms with van der Waals surface area (Å²) in [5, 5.41) is 0. The molecule has 2 nitrogen and oxygen atoms in total. The minimum Gasteiger partial charge on any atom is -0.405 e. The number of ether oxygens (including phenoxy) is 1. The maximum atomic E-state index is 12.6. The molecule has 118 valence electrons. The van der Waals surface area contributed by atoms with Crippen LogP contribution >= 0.6 is 0 Å². The van der Waals surface area contributed by atoms with Gasteiger partial charge in [0.05, 0.1) is 0 Å². The summed E-state index contributed by atoms with van der Waals surface area (Å²) in [5.41, 5.74) is 6.17. The molecule has 1 saturated carbocycles. The fourth-order valence-electron chi connectivity index (χ4n) is 3.93. The van der Waals surface area contributed by atoms with Gasteiger partial charge in [0.25, 0.3) is 0 Å². The number of hydrogen-bond donors (Lipinski definition) is 1. The van der Waals surface area contributed by atoms with Gasteiger partial charge in [0, 0.05) is 11.1 Å². The minimum absolute atomic E-state index is 0.00222. The minimum atomic E-state index is -4.71. The molecular weight excluding hydrogens is 279 g/mol. The van der Waals surface area contributed by atoms with E-state index in [4.69, 9.17) is 5.73 Å². The first-order valence-electron chi connectivity index (χ1n) is 7.15. The Balaban J connectivity index is 2.40. The molecule has 0 aliphatic heterocycles. The van der Waals surface area contributed by atoms with Crippen molar-refractivity contribution in [1.82, 2.24) is 0 Å². The van der Waals surface area contributed by atoms with Crippen LogP contribution in [0.3, 0.4) is 0 Å². The van der Waals surface area contributed by atoms with Crippen molar-refractivity contribution in [2.24, 2.45) is 17.1 Å². The highest BCUT2D eigenvalue weighted by molar-refractivity contribution is 5.40. The van der Waals surface area contributed by atoms with Crippen molar-refractivity contribution in [1.29, 1.82) is 0 Å². The Bertz CT molecular complexity index is 512. The highest BCUT2D eigenvalue weighted by Gasteiger charge is 2.43. The lowest BCUT2D eigenvalue weighted by Gasteiger charge is -2.46. The second-order valence-corrected chi connectivity index (χ2v) is 7.05. The summed E-state index contributed by atoms with van der Waals surface area (Å²) in [6.07, 6.45) is -2.38. The van der Waals surface area contributed by atoms with Crippen LogP contribution in [-0.2, 0) is 5.54 Å². The number of alkyl halides is 3. The fraction of sp³-hybridized carbons (Fsp3) is 0.625. The summed E-state index contributed by atoms with van der Waals surface area (Å²) in [6.45, 7) is 6.31. The van der Waals surface area contributed by atoms with Gasteiger partial charge in [-0.25, -0.2) is 0 Å². The molecule has 0 bridgehead atoms. The van der Waals surface area contributed by atoms with E-state index >= 15 is 0 Å². The topological polar surface area (TPSA) is 35.2 Å². The normalized spacial score (nSPS) is 29.2. The first kappa shape index (κ1) is 16.1. The second kappa shape index (κ2) is 5.20. The van der Waals surface area contributed by atoms with E-state index in [1.807, 2.05) is 0 Å². The quantitative estimate of drug-likeness (QED) is 0.867. The zero-order valence-corrected chi connectivity index (χ0v) is 12.6. The maximum Gasteiger partial charge on any atom is 0.573 e. The van der Waals surface area contributed by atoms with Gasteiger partial charge in [0.2, 0.25) is 0 Å². The number of halogens is 3. The Hall–Kier alpha value is -1.23. The number of nitrogens with two attached hydrogens (primary N) is 1. The van der Waals surface area contributed by atoms with E-state index in [2.05, 4.69) is 25.5 Å². The molecule has 2 N–H and O–H groups in total. The van der Waals surface area contributed by atoms with Crippen LogP contribution in [0.2, 0.25) is 0 Å². The van der Waals surface area contributed by atoms with Crippen LogP contribution in [0.25, 0.3) is 0 Å². The van der Waals surface area contributed by atoms with E-state index in [0.29, 0.717) is 24.3 Å². The number of benzene rings is 1. The first-order chi connectivity index (χ1) is 9.51. The third kappa shape index (κ3) is 3.90. The lowest BCUT2D eigenvalue weighted by Crippen LogP contribution is -2.47. The van der Waals surface area contributed by atoms with Crippen LogP contribution < -0.4 is 10.5 Å². The van der Waals surface area contributed by atoms with E-state index in [1.54, 1.807) is 12.1 Å². The van der Waals surface area contributed by atoms with E-state index < -0.39 is 11.9 Å². The molecule has 1 aromatic rings. The predicted molar refractivity (Wildman–Crippen MR) is 75.8 cm³/mol. The Labute approximate surface area is 123 Å². The van der Waals surface area contributed by atoms with E-state index in [-0.39, 0.29) is 11.2 Å². The molecule has 0 spiro atoms. The average Bonchev–Trinajstić information content (AvgIpc) is 2.23. The Morgan fingerprint density at radius 3 is 2.38 bits per heavy atom. The molecular formula is C16H22F3NO. The molecule has 0 heterocycles. The van der Waals surface area contributed by atoms with Gasteiger partial charge in [-0.3, -0.25) is 0 Å². The highest BCUT2D eigenvalue weighted by atomic mass is 19.4. The SMILES string of the molecule is CC1CC(C)(C)CC(N)(c2ccccc2OC(F)(F)F)C1. The van der Waals surface area contributed by atoms with E-state index in [9.17, 15) is 13.2 Å². The standard InChI is InChI=1S/C16H22F3NO/c1-11-8-14(2,3)10-15(20,9-11)12-6-4-5-7-13(12)21-16(17,18)19/h4-7,11H,8-10,20H2,1-3H3. The highest BCUT2D eigenvalue weighted by Crippen LogP contribution is 2.49. The first-order valence-corrected chi connectivity index (χ1v) is 7.15. The van der Waals surface area contributed by atoms with Crippen molar-refractivity contribution in [2.75, 3.05) is 0 Å². The molecule has 1 aliphatic carbocycles. The van der Waals surface area contributed by atoms with Crippen LogP contribution in [-0.4, -0.2) is 6.36 Å². The van der Waals surface area contributed by atoms with Crippen molar-refractivity contribution in [3.63, 3.8) is 0 Å².